The third-order valence-corrected chi connectivity index (χ3v) is 4.37. The van der Waals surface area contributed by atoms with E-state index in [1.165, 1.54) is 31.5 Å². The summed E-state index contributed by atoms with van der Waals surface area (Å²) in [6.45, 7) is 8.65. The van der Waals surface area contributed by atoms with Gasteiger partial charge in [-0.15, -0.1) is 0 Å². The minimum absolute atomic E-state index is 0.328. The lowest BCUT2D eigenvalue weighted by Crippen LogP contribution is -2.49. The van der Waals surface area contributed by atoms with Crippen LogP contribution in [0.3, 0.4) is 0 Å². The van der Waals surface area contributed by atoms with Gasteiger partial charge in [0.25, 0.3) is 0 Å². The molecule has 1 N–H and O–H groups in total. The van der Waals surface area contributed by atoms with Crippen LogP contribution >= 0.6 is 0 Å². The minimum Gasteiger partial charge on any atom is -0.494 e. The summed E-state index contributed by atoms with van der Waals surface area (Å²) in [6.07, 6.45) is 3.50. The number of benzene rings is 1. The molecule has 3 nitrogen and oxygen atoms in total. The molecule has 0 bridgehead atoms. The highest BCUT2D eigenvalue weighted by atomic mass is 16.5. The maximum absolute atomic E-state index is 5.62. The number of nitrogens with zero attached hydrogens (tertiary/aromatic N) is 1. The third kappa shape index (κ3) is 4.22. The van der Waals surface area contributed by atoms with Crippen molar-refractivity contribution in [3.63, 3.8) is 0 Å². The Labute approximate surface area is 123 Å². The van der Waals surface area contributed by atoms with Crippen molar-refractivity contribution in [2.24, 2.45) is 0 Å². The van der Waals surface area contributed by atoms with Crippen LogP contribution in [-0.2, 0) is 6.54 Å². The number of ether oxygens (including phenoxy) is 1. The molecule has 0 aromatic heterocycles. The highest BCUT2D eigenvalue weighted by Crippen LogP contribution is 2.23. The molecule has 1 aliphatic heterocycles. The fourth-order valence-electron chi connectivity index (χ4n) is 2.62. The normalized spacial score (nSPS) is 18.9. The van der Waals surface area contributed by atoms with Crippen LogP contribution in [0.1, 0.15) is 38.7 Å². The predicted molar refractivity (Wildman–Crippen MR) is 84.2 cm³/mol. The zero-order valence-electron chi connectivity index (χ0n) is 13.1. The van der Waals surface area contributed by atoms with Gasteiger partial charge < -0.3 is 10.1 Å². The zero-order chi connectivity index (χ0) is 14.4. The molecule has 1 saturated heterocycles. The van der Waals surface area contributed by atoms with Gasteiger partial charge in [-0.1, -0.05) is 19.1 Å². The van der Waals surface area contributed by atoms with E-state index >= 15 is 0 Å². The Hall–Kier alpha value is -1.06. The molecule has 2 rings (SSSR count). The van der Waals surface area contributed by atoms with Gasteiger partial charge in [0, 0.05) is 25.2 Å². The molecular formula is C17H28N2O. The van der Waals surface area contributed by atoms with Gasteiger partial charge in [0.1, 0.15) is 5.75 Å². The quantitative estimate of drug-likeness (QED) is 0.864. The van der Waals surface area contributed by atoms with E-state index in [4.69, 9.17) is 4.74 Å². The molecule has 0 unspecified atom stereocenters. The average Bonchev–Trinajstić information content (AvgIpc) is 2.49. The molecule has 1 aromatic carbocycles. The summed E-state index contributed by atoms with van der Waals surface area (Å²) in [5.74, 6) is 0.983. The van der Waals surface area contributed by atoms with E-state index in [1.54, 1.807) is 0 Å². The molecule has 0 aliphatic carbocycles. The van der Waals surface area contributed by atoms with Crippen LogP contribution in [0.15, 0.2) is 24.3 Å². The monoisotopic (exact) mass is 276 g/mol. The van der Waals surface area contributed by atoms with Gasteiger partial charge in [0.05, 0.1) is 6.61 Å². The van der Waals surface area contributed by atoms with Crippen LogP contribution in [0, 0.1) is 0 Å². The number of rotatable bonds is 6. The fourth-order valence-corrected chi connectivity index (χ4v) is 2.62. The number of hydrogen-bond donors (Lipinski definition) is 1. The third-order valence-electron chi connectivity index (χ3n) is 4.37. The molecule has 1 heterocycles. The summed E-state index contributed by atoms with van der Waals surface area (Å²) >= 11 is 0. The first-order valence-corrected chi connectivity index (χ1v) is 7.78. The maximum atomic E-state index is 5.62. The van der Waals surface area contributed by atoms with Gasteiger partial charge in [0.15, 0.2) is 0 Å². The minimum atomic E-state index is 0.328. The van der Waals surface area contributed by atoms with E-state index < -0.39 is 0 Å². The van der Waals surface area contributed by atoms with Crippen molar-refractivity contribution in [1.29, 1.82) is 0 Å². The second-order valence-corrected chi connectivity index (χ2v) is 6.08. The lowest BCUT2D eigenvalue weighted by Gasteiger charge is -2.39. The molecule has 1 fully saturated rings. The van der Waals surface area contributed by atoms with Gasteiger partial charge in [-0.25, -0.2) is 0 Å². The highest BCUT2D eigenvalue weighted by molar-refractivity contribution is 5.27. The molecule has 1 aromatic rings. The molecule has 20 heavy (non-hydrogen) atoms. The van der Waals surface area contributed by atoms with Crippen molar-refractivity contribution >= 4 is 0 Å². The lowest BCUT2D eigenvalue weighted by molar-refractivity contribution is 0.146. The molecule has 0 atom stereocenters. The maximum Gasteiger partial charge on any atom is 0.119 e. The lowest BCUT2D eigenvalue weighted by atomic mass is 9.90. The Balaban J connectivity index is 1.82. The summed E-state index contributed by atoms with van der Waals surface area (Å²) in [6, 6.07) is 8.56. The Bertz CT molecular complexity index is 394. The molecular weight excluding hydrogens is 248 g/mol. The van der Waals surface area contributed by atoms with Gasteiger partial charge in [-0.2, -0.15) is 0 Å². The number of hydrogen-bond acceptors (Lipinski definition) is 3. The molecule has 112 valence electrons. The topological polar surface area (TPSA) is 24.5 Å². The Kier molecular flexibility index (Phi) is 5.44. The fraction of sp³-hybridized carbons (Fsp3) is 0.647. The average molecular weight is 276 g/mol. The molecule has 0 saturated carbocycles. The van der Waals surface area contributed by atoms with Crippen molar-refractivity contribution in [3.8, 4) is 5.75 Å². The van der Waals surface area contributed by atoms with E-state index in [0.717, 1.165) is 25.3 Å². The zero-order valence-corrected chi connectivity index (χ0v) is 13.1. The molecule has 3 heteroatoms. The van der Waals surface area contributed by atoms with E-state index in [1.807, 2.05) is 0 Å². The molecule has 1 aliphatic rings. The summed E-state index contributed by atoms with van der Waals surface area (Å²) in [4.78, 5) is 2.54. The standard InChI is InChI=1S/C17H28N2O/c1-4-13-20-16-7-5-15(6-8-16)14-19-11-9-17(2,18-3)10-12-19/h5-8,18H,4,9-14H2,1-3H3. The summed E-state index contributed by atoms with van der Waals surface area (Å²) < 4.78 is 5.62. The van der Waals surface area contributed by atoms with Crippen LogP contribution in [0.5, 0.6) is 5.75 Å². The van der Waals surface area contributed by atoms with Gasteiger partial charge in [-0.3, -0.25) is 4.90 Å². The van der Waals surface area contributed by atoms with Crippen LogP contribution in [0.25, 0.3) is 0 Å². The second kappa shape index (κ2) is 7.09. The van der Waals surface area contributed by atoms with Crippen molar-refractivity contribution in [1.82, 2.24) is 10.2 Å². The smallest absolute Gasteiger partial charge is 0.119 e. The van der Waals surface area contributed by atoms with Gasteiger partial charge in [0.2, 0.25) is 0 Å². The number of likely N-dealkylation sites (tertiary alicyclic amines) is 1. The van der Waals surface area contributed by atoms with E-state index in [9.17, 15) is 0 Å². The van der Waals surface area contributed by atoms with Crippen LogP contribution < -0.4 is 10.1 Å². The Morgan fingerprint density at radius 2 is 1.85 bits per heavy atom. The van der Waals surface area contributed by atoms with Crippen molar-refractivity contribution in [2.45, 2.75) is 45.2 Å². The summed E-state index contributed by atoms with van der Waals surface area (Å²) in [5.41, 5.74) is 1.70. The van der Waals surface area contributed by atoms with E-state index in [-0.39, 0.29) is 0 Å². The van der Waals surface area contributed by atoms with Gasteiger partial charge >= 0.3 is 0 Å². The van der Waals surface area contributed by atoms with E-state index in [2.05, 4.69) is 55.4 Å². The summed E-state index contributed by atoms with van der Waals surface area (Å²) in [5, 5.41) is 3.45. The largest absolute Gasteiger partial charge is 0.494 e. The number of piperidine rings is 1. The van der Waals surface area contributed by atoms with Crippen LogP contribution in [-0.4, -0.2) is 37.2 Å². The first-order chi connectivity index (χ1) is 9.65. The van der Waals surface area contributed by atoms with Crippen molar-refractivity contribution in [2.75, 3.05) is 26.7 Å². The molecule has 0 amide bonds. The van der Waals surface area contributed by atoms with Crippen molar-refractivity contribution < 1.29 is 4.74 Å². The molecule has 0 spiro atoms. The van der Waals surface area contributed by atoms with Crippen LogP contribution in [0.2, 0.25) is 0 Å². The summed E-state index contributed by atoms with van der Waals surface area (Å²) in [7, 11) is 2.07. The molecule has 0 radical (unpaired) electrons. The first kappa shape index (κ1) is 15.3. The predicted octanol–water partition coefficient (Wildman–Crippen LogP) is 3.05. The first-order valence-electron chi connectivity index (χ1n) is 7.78. The van der Waals surface area contributed by atoms with Gasteiger partial charge in [-0.05, 0) is 50.9 Å². The van der Waals surface area contributed by atoms with Crippen LogP contribution in [0.4, 0.5) is 0 Å². The SMILES string of the molecule is CCCOc1ccc(CN2CCC(C)(NC)CC2)cc1. The second-order valence-electron chi connectivity index (χ2n) is 6.08. The number of nitrogens with one attached hydrogen (secondary N) is 1. The Morgan fingerprint density at radius 1 is 1.20 bits per heavy atom. The van der Waals surface area contributed by atoms with E-state index in [0.29, 0.717) is 5.54 Å². The Morgan fingerprint density at radius 3 is 2.40 bits per heavy atom. The highest BCUT2D eigenvalue weighted by Gasteiger charge is 2.27. The van der Waals surface area contributed by atoms with Crippen molar-refractivity contribution in [3.05, 3.63) is 29.8 Å².